The van der Waals surface area contributed by atoms with Crippen LogP contribution in [-0.2, 0) is 0 Å². The van der Waals surface area contributed by atoms with E-state index in [1.54, 1.807) is 0 Å². The smallest absolute Gasteiger partial charge is 0.122 e. The van der Waals surface area contributed by atoms with E-state index in [0.717, 1.165) is 5.75 Å². The van der Waals surface area contributed by atoms with E-state index < -0.39 is 0 Å². The molecule has 1 rings (SSSR count). The molecular weight excluding hydrogens is 160 g/mol. The van der Waals surface area contributed by atoms with Crippen molar-refractivity contribution in [2.75, 3.05) is 6.61 Å². The molecule has 0 saturated carbocycles. The van der Waals surface area contributed by atoms with Gasteiger partial charge in [0.25, 0.3) is 0 Å². The van der Waals surface area contributed by atoms with Crippen molar-refractivity contribution in [3.05, 3.63) is 41.5 Å². The van der Waals surface area contributed by atoms with Gasteiger partial charge in [-0.3, -0.25) is 0 Å². The van der Waals surface area contributed by atoms with Gasteiger partial charge in [0.1, 0.15) is 12.4 Å². The monoisotopic (exact) mass is 176 g/mol. The van der Waals surface area contributed by atoms with Gasteiger partial charge in [0, 0.05) is 0 Å². The number of allylic oxidation sites excluding steroid dienone is 1. The molecule has 0 heterocycles. The fourth-order valence-corrected chi connectivity index (χ4v) is 1.10. The normalized spacial score (nSPS) is 10.7. The molecule has 1 aromatic rings. The van der Waals surface area contributed by atoms with E-state index in [-0.39, 0.29) is 0 Å². The standard InChI is InChI=1S/C12H16O/c1-4-5-8-13-12-9-10(2)6-7-11(12)3/h4-7,9H,8H2,1-3H3/b5-4+. The van der Waals surface area contributed by atoms with Crippen molar-refractivity contribution >= 4 is 0 Å². The van der Waals surface area contributed by atoms with Crippen LogP contribution in [0.15, 0.2) is 30.4 Å². The van der Waals surface area contributed by atoms with Crippen molar-refractivity contribution in [1.29, 1.82) is 0 Å². The van der Waals surface area contributed by atoms with Crippen molar-refractivity contribution in [2.24, 2.45) is 0 Å². The maximum Gasteiger partial charge on any atom is 0.122 e. The summed E-state index contributed by atoms with van der Waals surface area (Å²) in [6.45, 7) is 6.78. The van der Waals surface area contributed by atoms with Crippen LogP contribution in [0.5, 0.6) is 5.75 Å². The second-order valence-corrected chi connectivity index (χ2v) is 3.15. The second-order valence-electron chi connectivity index (χ2n) is 3.15. The first-order valence-corrected chi connectivity index (χ1v) is 4.55. The minimum Gasteiger partial charge on any atom is -0.489 e. The van der Waals surface area contributed by atoms with Crippen molar-refractivity contribution in [2.45, 2.75) is 20.8 Å². The average Bonchev–Trinajstić information content (AvgIpc) is 2.11. The summed E-state index contributed by atoms with van der Waals surface area (Å²) in [6, 6.07) is 6.25. The van der Waals surface area contributed by atoms with E-state index in [0.29, 0.717) is 6.61 Å². The molecule has 0 atom stereocenters. The number of ether oxygens (including phenoxy) is 1. The molecule has 13 heavy (non-hydrogen) atoms. The number of rotatable bonds is 3. The van der Waals surface area contributed by atoms with E-state index in [9.17, 15) is 0 Å². The highest BCUT2D eigenvalue weighted by atomic mass is 16.5. The largest absolute Gasteiger partial charge is 0.489 e. The lowest BCUT2D eigenvalue weighted by molar-refractivity contribution is 0.360. The molecule has 0 N–H and O–H groups in total. The molecule has 70 valence electrons. The van der Waals surface area contributed by atoms with E-state index in [2.05, 4.69) is 32.0 Å². The Morgan fingerprint density at radius 3 is 2.77 bits per heavy atom. The van der Waals surface area contributed by atoms with Gasteiger partial charge in [0.15, 0.2) is 0 Å². The zero-order chi connectivity index (χ0) is 9.68. The fraction of sp³-hybridized carbons (Fsp3) is 0.333. The minimum atomic E-state index is 0.654. The van der Waals surface area contributed by atoms with E-state index >= 15 is 0 Å². The first kappa shape index (κ1) is 9.85. The zero-order valence-electron chi connectivity index (χ0n) is 8.50. The van der Waals surface area contributed by atoms with Crippen LogP contribution in [0, 0.1) is 13.8 Å². The molecule has 0 radical (unpaired) electrons. The Labute approximate surface area is 80.0 Å². The predicted octanol–water partition coefficient (Wildman–Crippen LogP) is 3.26. The van der Waals surface area contributed by atoms with Crippen molar-refractivity contribution in [3.8, 4) is 5.75 Å². The molecule has 0 fully saturated rings. The van der Waals surface area contributed by atoms with Crippen LogP contribution in [0.3, 0.4) is 0 Å². The first-order chi connectivity index (χ1) is 6.24. The lowest BCUT2D eigenvalue weighted by Crippen LogP contribution is -1.95. The molecule has 0 aliphatic carbocycles. The van der Waals surface area contributed by atoms with Crippen molar-refractivity contribution < 1.29 is 4.74 Å². The number of benzene rings is 1. The summed E-state index contributed by atoms with van der Waals surface area (Å²) >= 11 is 0. The molecular formula is C12H16O. The van der Waals surface area contributed by atoms with Crippen LogP contribution < -0.4 is 4.74 Å². The van der Waals surface area contributed by atoms with E-state index in [1.807, 2.05) is 19.1 Å². The Balaban J connectivity index is 2.69. The third-order valence-electron chi connectivity index (χ3n) is 1.91. The van der Waals surface area contributed by atoms with Crippen LogP contribution in [-0.4, -0.2) is 6.61 Å². The van der Waals surface area contributed by atoms with Gasteiger partial charge in [-0.25, -0.2) is 0 Å². The molecule has 1 aromatic carbocycles. The fourth-order valence-electron chi connectivity index (χ4n) is 1.10. The van der Waals surface area contributed by atoms with Crippen LogP contribution in [0.1, 0.15) is 18.1 Å². The first-order valence-electron chi connectivity index (χ1n) is 4.55. The van der Waals surface area contributed by atoms with Gasteiger partial charge in [-0.1, -0.05) is 24.3 Å². The SMILES string of the molecule is C/C=C/COc1cc(C)ccc1C. The molecule has 0 spiro atoms. The number of hydrogen-bond acceptors (Lipinski definition) is 1. The van der Waals surface area contributed by atoms with E-state index in [4.69, 9.17) is 4.74 Å². The third kappa shape index (κ3) is 2.94. The van der Waals surface area contributed by atoms with Gasteiger partial charge < -0.3 is 4.74 Å². The predicted molar refractivity (Wildman–Crippen MR) is 56.2 cm³/mol. The molecule has 1 nitrogen and oxygen atoms in total. The maximum absolute atomic E-state index is 5.57. The maximum atomic E-state index is 5.57. The van der Waals surface area contributed by atoms with Gasteiger partial charge in [-0.2, -0.15) is 0 Å². The van der Waals surface area contributed by atoms with Gasteiger partial charge in [-0.05, 0) is 38.0 Å². The van der Waals surface area contributed by atoms with Crippen LogP contribution in [0.2, 0.25) is 0 Å². The summed E-state index contributed by atoms with van der Waals surface area (Å²) in [5.74, 6) is 0.984. The van der Waals surface area contributed by atoms with Crippen LogP contribution >= 0.6 is 0 Å². The summed E-state index contributed by atoms with van der Waals surface area (Å²) in [5, 5.41) is 0. The molecule has 0 aromatic heterocycles. The molecule has 0 aliphatic rings. The third-order valence-corrected chi connectivity index (χ3v) is 1.91. The van der Waals surface area contributed by atoms with E-state index in [1.165, 1.54) is 11.1 Å². The average molecular weight is 176 g/mol. The summed E-state index contributed by atoms with van der Waals surface area (Å²) in [7, 11) is 0. The molecule has 1 heteroatoms. The van der Waals surface area contributed by atoms with Crippen molar-refractivity contribution in [3.63, 3.8) is 0 Å². The van der Waals surface area contributed by atoms with Crippen LogP contribution in [0.4, 0.5) is 0 Å². The Hall–Kier alpha value is -1.24. The quantitative estimate of drug-likeness (QED) is 0.642. The zero-order valence-corrected chi connectivity index (χ0v) is 8.50. The van der Waals surface area contributed by atoms with Gasteiger partial charge in [0.05, 0.1) is 0 Å². The molecule has 0 bridgehead atoms. The highest BCUT2D eigenvalue weighted by Gasteiger charge is 1.97. The number of aryl methyl sites for hydroxylation is 2. The lowest BCUT2D eigenvalue weighted by atomic mass is 10.1. The Morgan fingerprint density at radius 2 is 2.08 bits per heavy atom. The molecule has 0 saturated heterocycles. The minimum absolute atomic E-state index is 0.654. The second kappa shape index (κ2) is 4.70. The Bertz CT molecular complexity index is 300. The topological polar surface area (TPSA) is 9.23 Å². The summed E-state index contributed by atoms with van der Waals surface area (Å²) in [6.07, 6.45) is 3.99. The molecule has 0 unspecified atom stereocenters. The molecule has 0 aliphatic heterocycles. The summed E-state index contributed by atoms with van der Waals surface area (Å²) < 4.78 is 5.57. The highest BCUT2D eigenvalue weighted by molar-refractivity contribution is 5.36. The van der Waals surface area contributed by atoms with Gasteiger partial charge >= 0.3 is 0 Å². The summed E-state index contributed by atoms with van der Waals surface area (Å²) in [4.78, 5) is 0. The Kier molecular flexibility index (Phi) is 3.56. The summed E-state index contributed by atoms with van der Waals surface area (Å²) in [5.41, 5.74) is 2.43. The van der Waals surface area contributed by atoms with Gasteiger partial charge in [-0.15, -0.1) is 0 Å². The Morgan fingerprint density at radius 1 is 1.31 bits per heavy atom. The lowest BCUT2D eigenvalue weighted by Gasteiger charge is -2.07. The van der Waals surface area contributed by atoms with Gasteiger partial charge in [0.2, 0.25) is 0 Å². The highest BCUT2D eigenvalue weighted by Crippen LogP contribution is 2.18. The molecule has 0 amide bonds. The van der Waals surface area contributed by atoms with Crippen molar-refractivity contribution in [1.82, 2.24) is 0 Å². The van der Waals surface area contributed by atoms with Crippen LogP contribution in [0.25, 0.3) is 0 Å². The number of hydrogen-bond donors (Lipinski definition) is 0.